The van der Waals surface area contributed by atoms with Crippen LogP contribution in [0.4, 0.5) is 5.69 Å². The van der Waals surface area contributed by atoms with Gasteiger partial charge in [-0.15, -0.1) is 0 Å². The summed E-state index contributed by atoms with van der Waals surface area (Å²) >= 11 is 0. The van der Waals surface area contributed by atoms with Crippen LogP contribution in [-0.4, -0.2) is 38.3 Å². The molecule has 166 valence electrons. The van der Waals surface area contributed by atoms with Crippen LogP contribution >= 0.6 is 0 Å². The van der Waals surface area contributed by atoms with E-state index in [1.165, 1.54) is 16.7 Å². The number of hydrogen-bond donors (Lipinski definition) is 1. The lowest BCUT2D eigenvalue weighted by Gasteiger charge is -2.36. The molecule has 0 aromatic heterocycles. The molecule has 1 N–H and O–H groups in total. The highest BCUT2D eigenvalue weighted by Gasteiger charge is 2.33. The molecule has 0 bridgehead atoms. The highest BCUT2D eigenvalue weighted by atomic mass is 16.7. The van der Waals surface area contributed by atoms with Gasteiger partial charge in [0.25, 0.3) is 0 Å². The number of methoxy groups -OCH3 is 1. The molecule has 0 radical (unpaired) electrons. The Bertz CT molecular complexity index is 938. The van der Waals surface area contributed by atoms with Crippen LogP contribution in [0.2, 0.25) is 0 Å². The Hall–Kier alpha value is -2.73. The van der Waals surface area contributed by atoms with E-state index in [1.54, 1.807) is 7.11 Å². The summed E-state index contributed by atoms with van der Waals surface area (Å²) in [5.74, 6) is 2.43. The highest BCUT2D eigenvalue weighted by molar-refractivity contribution is 5.92. The smallest absolute Gasteiger partial charge is 0.231 e. The number of fused-ring (bicyclic) bond motifs is 2. The zero-order chi connectivity index (χ0) is 22.0. The molecule has 2 aromatic carbocycles. The van der Waals surface area contributed by atoms with Crippen LogP contribution in [0.1, 0.15) is 49.4 Å². The molecule has 0 unspecified atom stereocenters. The molecule has 6 nitrogen and oxygen atoms in total. The van der Waals surface area contributed by atoms with Gasteiger partial charge in [0.2, 0.25) is 18.4 Å². The summed E-state index contributed by atoms with van der Waals surface area (Å²) in [6, 6.07) is 10.5. The Morgan fingerprint density at radius 2 is 1.97 bits per heavy atom. The molecule has 2 aliphatic rings. The number of likely N-dealkylation sites (N-methyl/N-ethyl adjacent to an activating group) is 1. The summed E-state index contributed by atoms with van der Waals surface area (Å²) in [4.78, 5) is 14.7. The number of nitrogens with zero attached hydrogens (tertiary/aromatic N) is 1. The molecule has 4 rings (SSSR count). The molecule has 0 fully saturated rings. The first kappa shape index (κ1) is 21.5. The molecule has 31 heavy (non-hydrogen) atoms. The first-order valence-corrected chi connectivity index (χ1v) is 11.1. The Balaban J connectivity index is 1.56. The minimum atomic E-state index is 0.0625. The molecule has 6 heteroatoms. The van der Waals surface area contributed by atoms with Crippen LogP contribution in [0.15, 0.2) is 30.3 Å². The van der Waals surface area contributed by atoms with Gasteiger partial charge < -0.3 is 19.5 Å². The van der Waals surface area contributed by atoms with Crippen LogP contribution in [0.5, 0.6) is 17.2 Å². The highest BCUT2D eigenvalue weighted by Crippen LogP contribution is 2.49. The second kappa shape index (κ2) is 9.18. The van der Waals surface area contributed by atoms with Gasteiger partial charge in [0.15, 0.2) is 11.5 Å². The summed E-state index contributed by atoms with van der Waals surface area (Å²) in [7, 11) is 3.85. The Labute approximate surface area is 184 Å². The second-order valence-electron chi connectivity index (χ2n) is 8.37. The lowest BCUT2D eigenvalue weighted by molar-refractivity contribution is -0.120. The zero-order valence-corrected chi connectivity index (χ0v) is 18.9. The van der Waals surface area contributed by atoms with Gasteiger partial charge in [0, 0.05) is 29.8 Å². The molecule has 0 aliphatic carbocycles. The number of nitrogens with one attached hydrogen (secondary N) is 1. The lowest BCUT2D eigenvalue weighted by atomic mass is 9.87. The number of amides is 1. The van der Waals surface area contributed by atoms with Crippen molar-refractivity contribution in [1.29, 1.82) is 0 Å². The lowest BCUT2D eigenvalue weighted by Crippen LogP contribution is -2.33. The number of anilines is 1. The monoisotopic (exact) mass is 424 g/mol. The third kappa shape index (κ3) is 4.22. The van der Waals surface area contributed by atoms with Gasteiger partial charge in [-0.1, -0.05) is 26.0 Å². The van der Waals surface area contributed by atoms with Crippen LogP contribution in [-0.2, 0) is 17.6 Å². The number of carbonyl (C=O) groups excluding carboxylic acids is 1. The summed E-state index contributed by atoms with van der Waals surface area (Å²) < 4.78 is 17.1. The van der Waals surface area contributed by atoms with Crippen molar-refractivity contribution in [3.05, 3.63) is 47.0 Å². The fourth-order valence-corrected chi connectivity index (χ4v) is 4.63. The van der Waals surface area contributed by atoms with Crippen LogP contribution in [0.3, 0.4) is 0 Å². The standard InChI is InChI=1S/C25H32N2O4/c1-5-17(6-2)25(28)26-19-9-7-16(8-10-19)13-20-22-18(11-12-27(20)3)14-21-23(24(22)29-4)31-15-30-21/h7-10,14,17,20H,5-6,11-13,15H2,1-4H3,(H,26,28)/t20-/m1/s1. The number of ether oxygens (including phenoxy) is 3. The van der Waals surface area contributed by atoms with Crippen LogP contribution in [0, 0.1) is 5.92 Å². The van der Waals surface area contributed by atoms with E-state index in [2.05, 4.69) is 49.3 Å². The summed E-state index contributed by atoms with van der Waals surface area (Å²) in [5, 5.41) is 3.05. The van der Waals surface area contributed by atoms with Crippen LogP contribution in [0.25, 0.3) is 0 Å². The third-order valence-electron chi connectivity index (χ3n) is 6.55. The molecule has 2 aliphatic heterocycles. The largest absolute Gasteiger partial charge is 0.492 e. The molecule has 2 heterocycles. The molecule has 1 amide bonds. The Morgan fingerprint density at radius 3 is 2.65 bits per heavy atom. The summed E-state index contributed by atoms with van der Waals surface area (Å²) in [6.45, 7) is 5.32. The number of benzene rings is 2. The second-order valence-corrected chi connectivity index (χ2v) is 8.37. The quantitative estimate of drug-likeness (QED) is 0.706. The van der Waals surface area contributed by atoms with E-state index in [0.29, 0.717) is 5.75 Å². The number of carbonyl (C=O) groups is 1. The Morgan fingerprint density at radius 1 is 1.23 bits per heavy atom. The van der Waals surface area contributed by atoms with Gasteiger partial charge in [-0.25, -0.2) is 0 Å². The molecule has 0 saturated heterocycles. The SMILES string of the molecule is CCC(CC)C(=O)Nc1ccc(C[C@@H]2c3c(cc4c(c3OC)OCO4)CCN2C)cc1. The predicted octanol–water partition coefficient (Wildman–Crippen LogP) is 4.57. The maximum absolute atomic E-state index is 12.4. The Kier molecular flexibility index (Phi) is 6.37. The van der Waals surface area contributed by atoms with Crippen molar-refractivity contribution >= 4 is 11.6 Å². The van der Waals surface area contributed by atoms with Crippen molar-refractivity contribution in [2.75, 3.05) is 32.8 Å². The predicted molar refractivity (Wildman–Crippen MR) is 121 cm³/mol. The van der Waals surface area contributed by atoms with Crippen molar-refractivity contribution in [3.8, 4) is 17.2 Å². The van der Waals surface area contributed by atoms with Crippen molar-refractivity contribution in [3.63, 3.8) is 0 Å². The molecule has 1 atom stereocenters. The summed E-state index contributed by atoms with van der Waals surface area (Å²) in [6.07, 6.45) is 3.51. The van der Waals surface area contributed by atoms with Crippen molar-refractivity contribution in [2.24, 2.45) is 5.92 Å². The van der Waals surface area contributed by atoms with E-state index in [4.69, 9.17) is 14.2 Å². The first-order chi connectivity index (χ1) is 15.0. The van der Waals surface area contributed by atoms with Crippen molar-refractivity contribution < 1.29 is 19.0 Å². The molecule has 0 saturated carbocycles. The summed E-state index contributed by atoms with van der Waals surface area (Å²) in [5.41, 5.74) is 4.51. The average molecular weight is 425 g/mol. The number of rotatable bonds is 7. The van der Waals surface area contributed by atoms with E-state index in [1.807, 2.05) is 12.1 Å². The third-order valence-corrected chi connectivity index (χ3v) is 6.55. The fourth-order valence-electron chi connectivity index (χ4n) is 4.63. The molecular weight excluding hydrogens is 392 g/mol. The fraction of sp³-hybridized carbons (Fsp3) is 0.480. The topological polar surface area (TPSA) is 60.0 Å². The van der Waals surface area contributed by atoms with E-state index in [-0.39, 0.29) is 24.7 Å². The maximum atomic E-state index is 12.4. The van der Waals surface area contributed by atoms with Gasteiger partial charge in [-0.05, 0) is 62.1 Å². The van der Waals surface area contributed by atoms with Gasteiger partial charge in [-0.2, -0.15) is 0 Å². The first-order valence-electron chi connectivity index (χ1n) is 11.1. The van der Waals surface area contributed by atoms with Gasteiger partial charge >= 0.3 is 0 Å². The zero-order valence-electron chi connectivity index (χ0n) is 18.9. The number of hydrogen-bond acceptors (Lipinski definition) is 5. The van der Waals surface area contributed by atoms with Gasteiger partial charge in [-0.3, -0.25) is 9.69 Å². The van der Waals surface area contributed by atoms with Gasteiger partial charge in [0.05, 0.1) is 7.11 Å². The van der Waals surface area contributed by atoms with Crippen molar-refractivity contribution in [1.82, 2.24) is 4.90 Å². The van der Waals surface area contributed by atoms with Crippen molar-refractivity contribution in [2.45, 2.75) is 45.6 Å². The normalized spacial score (nSPS) is 17.5. The van der Waals surface area contributed by atoms with Crippen LogP contribution < -0.4 is 19.5 Å². The molecular formula is C25H32N2O4. The van der Waals surface area contributed by atoms with E-state index >= 15 is 0 Å². The molecule has 0 spiro atoms. The maximum Gasteiger partial charge on any atom is 0.231 e. The minimum absolute atomic E-state index is 0.0625. The van der Waals surface area contributed by atoms with E-state index < -0.39 is 0 Å². The molecule has 2 aromatic rings. The van der Waals surface area contributed by atoms with E-state index in [0.717, 1.165) is 49.4 Å². The average Bonchev–Trinajstić information content (AvgIpc) is 3.24. The van der Waals surface area contributed by atoms with E-state index in [9.17, 15) is 4.79 Å². The van der Waals surface area contributed by atoms with Gasteiger partial charge in [0.1, 0.15) is 0 Å². The minimum Gasteiger partial charge on any atom is -0.492 e.